The highest BCUT2D eigenvalue weighted by molar-refractivity contribution is 6.30. The van der Waals surface area contributed by atoms with E-state index in [4.69, 9.17) is 5.40 Å². The largest absolute Gasteiger partial charge is 0.356 e. The smallest absolute Gasteiger partial charge is 0.0887 e. The van der Waals surface area contributed by atoms with Gasteiger partial charge in [-0.05, 0) is 0 Å². The predicted molar refractivity (Wildman–Crippen MR) is 37.1 cm³/mol. The van der Waals surface area contributed by atoms with Crippen LogP contribution in [0.1, 0.15) is 26.2 Å². The molecule has 44 valence electrons. The Bertz CT molecular complexity index is 27.3. The topological polar surface area (TPSA) is 26.0 Å². The molecule has 0 saturated carbocycles. The van der Waals surface area contributed by atoms with E-state index < -0.39 is 0 Å². The molecule has 0 aromatic carbocycles. The molecular weight excluding hydrogens is 102 g/mol. The lowest BCUT2D eigenvalue weighted by molar-refractivity contribution is 0.768. The van der Waals surface area contributed by atoms with Gasteiger partial charge in [-0.3, -0.25) is 0 Å². The van der Waals surface area contributed by atoms with E-state index in [-0.39, 0.29) is 9.68 Å². The van der Waals surface area contributed by atoms with E-state index in [0.29, 0.717) is 0 Å². The third-order valence-electron chi connectivity index (χ3n) is 1.06. The highest BCUT2D eigenvalue weighted by atomic mass is 28.2. The molecule has 0 bridgehead atoms. The summed E-state index contributed by atoms with van der Waals surface area (Å²) < 4.78 is 0. The molecule has 7 heavy (non-hydrogen) atoms. The molecule has 0 aromatic rings. The summed E-state index contributed by atoms with van der Waals surface area (Å²) in [6.45, 7) is 2.22. The van der Waals surface area contributed by atoms with Crippen LogP contribution in [0.4, 0.5) is 0 Å². The van der Waals surface area contributed by atoms with Gasteiger partial charge in [0.1, 0.15) is 0 Å². The summed E-state index contributed by atoms with van der Waals surface area (Å²) in [5, 5.41) is 5.41. The molecule has 0 amide bonds. The number of hydrogen-bond donors (Lipinski definition) is 1. The van der Waals surface area contributed by atoms with Crippen LogP contribution in [0.5, 0.6) is 0 Å². The van der Waals surface area contributed by atoms with E-state index in [9.17, 15) is 0 Å². The van der Waals surface area contributed by atoms with E-state index in [0.717, 1.165) is 0 Å². The molecule has 0 saturated heterocycles. The fourth-order valence-electron chi connectivity index (χ4n) is 0.571. The second-order valence-electron chi connectivity index (χ2n) is 1.85. The molecular formula is C5H15NSi. The van der Waals surface area contributed by atoms with Crippen molar-refractivity contribution in [2.75, 3.05) is 0 Å². The molecule has 0 heterocycles. The first kappa shape index (κ1) is 7.18. The van der Waals surface area contributed by atoms with Gasteiger partial charge in [0.2, 0.25) is 0 Å². The lowest BCUT2D eigenvalue weighted by Crippen LogP contribution is -2.02. The molecule has 0 aliphatic carbocycles. The number of unbranched alkanes of at least 4 members (excludes halogenated alkanes) is 2. The van der Waals surface area contributed by atoms with Crippen LogP contribution >= 0.6 is 0 Å². The third-order valence-corrected chi connectivity index (χ3v) is 1.97. The molecule has 0 rings (SSSR count). The molecule has 0 fully saturated rings. The van der Waals surface area contributed by atoms with Crippen LogP contribution in [0.15, 0.2) is 0 Å². The summed E-state index contributed by atoms with van der Waals surface area (Å²) in [6, 6.07) is 1.34. The average molecular weight is 117 g/mol. The Balaban J connectivity index is 2.45. The Morgan fingerprint density at radius 3 is 2.57 bits per heavy atom. The zero-order valence-electron chi connectivity index (χ0n) is 5.11. The summed E-state index contributed by atoms with van der Waals surface area (Å²) in [4.78, 5) is 0. The van der Waals surface area contributed by atoms with Crippen LogP contribution in [0.25, 0.3) is 0 Å². The normalized spacial score (nSPS) is 11.1. The number of nitrogens with two attached hydrogens (primary N) is 1. The summed E-state index contributed by atoms with van der Waals surface area (Å²) in [6.07, 6.45) is 4.08. The molecule has 0 radical (unpaired) electrons. The van der Waals surface area contributed by atoms with Gasteiger partial charge < -0.3 is 5.40 Å². The molecule has 0 aliphatic heterocycles. The Kier molecular flexibility index (Phi) is 6.33. The third kappa shape index (κ3) is 6.18. The molecule has 2 heteroatoms. The van der Waals surface area contributed by atoms with Crippen molar-refractivity contribution in [2.24, 2.45) is 5.40 Å². The Morgan fingerprint density at radius 1 is 1.43 bits per heavy atom. The Hall–Kier alpha value is 0.177. The maximum Gasteiger partial charge on any atom is 0.0887 e. The first-order chi connectivity index (χ1) is 3.41. The quantitative estimate of drug-likeness (QED) is 0.424. The first-order valence-electron chi connectivity index (χ1n) is 3.12. The van der Waals surface area contributed by atoms with Gasteiger partial charge in [-0.15, -0.1) is 0 Å². The van der Waals surface area contributed by atoms with Crippen LogP contribution in [-0.4, -0.2) is 9.68 Å². The molecule has 1 nitrogen and oxygen atoms in total. The lowest BCUT2D eigenvalue weighted by Gasteiger charge is -1.90. The highest BCUT2D eigenvalue weighted by Gasteiger charge is 1.81. The lowest BCUT2D eigenvalue weighted by atomic mass is 10.3. The molecule has 0 aromatic heterocycles. The van der Waals surface area contributed by atoms with Crippen molar-refractivity contribution < 1.29 is 0 Å². The van der Waals surface area contributed by atoms with E-state index in [1.54, 1.807) is 0 Å². The van der Waals surface area contributed by atoms with Gasteiger partial charge in [0.15, 0.2) is 0 Å². The molecule has 0 spiro atoms. The van der Waals surface area contributed by atoms with Crippen molar-refractivity contribution in [2.45, 2.75) is 32.2 Å². The van der Waals surface area contributed by atoms with Crippen molar-refractivity contribution >= 4 is 9.68 Å². The second kappa shape index (κ2) is 6.18. The predicted octanol–water partition coefficient (Wildman–Crippen LogP) is 0.637. The minimum absolute atomic E-state index is 0.106. The second-order valence-corrected chi connectivity index (χ2v) is 3.13. The maximum absolute atomic E-state index is 5.41. The van der Waals surface area contributed by atoms with Gasteiger partial charge >= 0.3 is 0 Å². The highest BCUT2D eigenvalue weighted by Crippen LogP contribution is 1.95. The van der Waals surface area contributed by atoms with Gasteiger partial charge in [-0.25, -0.2) is 0 Å². The zero-order chi connectivity index (χ0) is 5.54. The van der Waals surface area contributed by atoms with Gasteiger partial charge in [0.05, 0.1) is 9.68 Å². The van der Waals surface area contributed by atoms with Crippen LogP contribution < -0.4 is 5.40 Å². The summed E-state index contributed by atoms with van der Waals surface area (Å²) in [5.74, 6) is 0. The number of hydrogen-bond acceptors (Lipinski definition) is 1. The van der Waals surface area contributed by atoms with E-state index in [2.05, 4.69) is 6.92 Å². The molecule has 0 atom stereocenters. The minimum Gasteiger partial charge on any atom is -0.356 e. The van der Waals surface area contributed by atoms with E-state index in [1.165, 1.54) is 25.3 Å². The SMILES string of the molecule is CCCCC[SiH2]N. The summed E-state index contributed by atoms with van der Waals surface area (Å²) >= 11 is 0. The van der Waals surface area contributed by atoms with Gasteiger partial charge in [0, 0.05) is 0 Å². The Morgan fingerprint density at radius 2 is 2.14 bits per heavy atom. The van der Waals surface area contributed by atoms with Gasteiger partial charge in [-0.2, -0.15) is 0 Å². The van der Waals surface area contributed by atoms with Crippen LogP contribution in [-0.2, 0) is 0 Å². The first-order valence-corrected chi connectivity index (χ1v) is 4.93. The standard InChI is InChI=1S/C5H15NSi/c1-2-3-4-5-7-6/h2-7H2,1H3. The summed E-state index contributed by atoms with van der Waals surface area (Å²) in [7, 11) is -0.106. The van der Waals surface area contributed by atoms with Crippen LogP contribution in [0.3, 0.4) is 0 Å². The van der Waals surface area contributed by atoms with Crippen molar-refractivity contribution in [3.8, 4) is 0 Å². The fourth-order valence-corrected chi connectivity index (χ4v) is 1.21. The van der Waals surface area contributed by atoms with Crippen LogP contribution in [0, 0.1) is 0 Å². The van der Waals surface area contributed by atoms with Crippen LogP contribution in [0.2, 0.25) is 6.04 Å². The van der Waals surface area contributed by atoms with Crippen molar-refractivity contribution in [1.82, 2.24) is 0 Å². The molecule has 0 unspecified atom stereocenters. The van der Waals surface area contributed by atoms with Crippen molar-refractivity contribution in [3.63, 3.8) is 0 Å². The van der Waals surface area contributed by atoms with Crippen molar-refractivity contribution in [3.05, 3.63) is 0 Å². The van der Waals surface area contributed by atoms with Crippen molar-refractivity contribution in [1.29, 1.82) is 0 Å². The van der Waals surface area contributed by atoms with Gasteiger partial charge in [-0.1, -0.05) is 32.2 Å². The monoisotopic (exact) mass is 117 g/mol. The molecule has 2 N–H and O–H groups in total. The zero-order valence-corrected chi connectivity index (χ0v) is 6.53. The molecule has 0 aliphatic rings. The Labute approximate surface area is 48.2 Å². The van der Waals surface area contributed by atoms with E-state index in [1.807, 2.05) is 0 Å². The van der Waals surface area contributed by atoms with Gasteiger partial charge in [0.25, 0.3) is 0 Å². The maximum atomic E-state index is 5.41. The number of rotatable bonds is 4. The summed E-state index contributed by atoms with van der Waals surface area (Å²) in [5.41, 5.74) is 0. The minimum atomic E-state index is -0.106. The fraction of sp³-hybridized carbons (Fsp3) is 1.00. The average Bonchev–Trinajstić information content (AvgIpc) is 1.69. The van der Waals surface area contributed by atoms with E-state index >= 15 is 0 Å².